The van der Waals surface area contributed by atoms with Gasteiger partial charge in [0.25, 0.3) is 5.91 Å². The van der Waals surface area contributed by atoms with Gasteiger partial charge in [-0.3, -0.25) is 9.59 Å². The Morgan fingerprint density at radius 3 is 2.26 bits per heavy atom. The van der Waals surface area contributed by atoms with E-state index in [1.807, 2.05) is 44.2 Å². The van der Waals surface area contributed by atoms with Crippen LogP contribution in [-0.2, 0) is 20.7 Å². The number of phenolic OH excluding ortho intramolecular Hbond substituents is 1. The van der Waals surface area contributed by atoms with E-state index in [1.165, 1.54) is 12.1 Å². The summed E-state index contributed by atoms with van der Waals surface area (Å²) in [6.07, 6.45) is 0.808. The molecule has 0 aromatic heterocycles. The lowest BCUT2D eigenvalue weighted by Gasteiger charge is -2.33. The molecule has 9 heteroatoms. The van der Waals surface area contributed by atoms with E-state index in [-0.39, 0.29) is 12.2 Å². The SMILES string of the molecule is C=Cc1cccc(C(C(=O)Nc2c(C)cccc2C)N(CC#N)C(=O)C(Cc2ccc(O)cc2)NC(=O)OC(C)(C)C)c1. The van der Waals surface area contributed by atoms with Gasteiger partial charge in [-0.1, -0.05) is 61.2 Å². The second-order valence-electron chi connectivity index (χ2n) is 11.2. The molecule has 0 aliphatic heterocycles. The van der Waals surface area contributed by atoms with Gasteiger partial charge in [0.2, 0.25) is 5.91 Å². The minimum absolute atomic E-state index is 0.0121. The van der Waals surface area contributed by atoms with Gasteiger partial charge in [0, 0.05) is 12.1 Å². The molecule has 224 valence electrons. The van der Waals surface area contributed by atoms with Crippen molar-refractivity contribution in [2.45, 2.75) is 58.7 Å². The van der Waals surface area contributed by atoms with E-state index in [0.29, 0.717) is 16.8 Å². The number of para-hydroxylation sites is 1. The highest BCUT2D eigenvalue weighted by atomic mass is 16.6. The Morgan fingerprint density at radius 1 is 1.05 bits per heavy atom. The maximum atomic E-state index is 14.3. The summed E-state index contributed by atoms with van der Waals surface area (Å²) >= 11 is 0. The second kappa shape index (κ2) is 14.2. The van der Waals surface area contributed by atoms with Gasteiger partial charge in [0.15, 0.2) is 0 Å². The summed E-state index contributed by atoms with van der Waals surface area (Å²) in [7, 11) is 0. The number of phenols is 1. The summed E-state index contributed by atoms with van der Waals surface area (Å²) in [6, 6.07) is 18.4. The van der Waals surface area contributed by atoms with Crippen molar-refractivity contribution in [2.24, 2.45) is 0 Å². The molecule has 0 aliphatic carbocycles. The summed E-state index contributed by atoms with van der Waals surface area (Å²) in [6.45, 7) is 12.2. The third-order valence-corrected chi connectivity index (χ3v) is 6.64. The number of carbonyl (C=O) groups excluding carboxylic acids is 3. The quantitative estimate of drug-likeness (QED) is 0.258. The molecule has 0 saturated carbocycles. The molecule has 0 fully saturated rings. The third-order valence-electron chi connectivity index (χ3n) is 6.64. The molecule has 2 atom stereocenters. The predicted octanol–water partition coefficient (Wildman–Crippen LogP) is 5.82. The zero-order chi connectivity index (χ0) is 31.7. The molecule has 0 radical (unpaired) electrons. The Morgan fingerprint density at radius 2 is 1.67 bits per heavy atom. The zero-order valence-electron chi connectivity index (χ0n) is 25.2. The van der Waals surface area contributed by atoms with Gasteiger partial charge in [-0.15, -0.1) is 0 Å². The van der Waals surface area contributed by atoms with Crippen LogP contribution in [0, 0.1) is 25.2 Å². The molecule has 0 heterocycles. The highest BCUT2D eigenvalue weighted by Gasteiger charge is 2.37. The minimum Gasteiger partial charge on any atom is -0.508 e. The number of anilines is 1. The van der Waals surface area contributed by atoms with Crippen LogP contribution in [0.1, 0.15) is 54.6 Å². The molecule has 9 nitrogen and oxygen atoms in total. The smallest absolute Gasteiger partial charge is 0.408 e. The maximum Gasteiger partial charge on any atom is 0.408 e. The standard InChI is InChI=1S/C34H38N4O5/c1-7-24-12-9-13-26(20-24)30(31(40)37-29-22(2)10-8-11-23(29)3)38(19-18-35)32(41)28(36-33(42)43-34(4,5)6)21-25-14-16-27(39)17-15-25/h7-17,20,28,30,39H,1,19,21H2,2-6H3,(H,36,42)(H,37,40). The topological polar surface area (TPSA) is 132 Å². The van der Waals surface area contributed by atoms with Crippen LogP contribution in [0.2, 0.25) is 0 Å². The van der Waals surface area contributed by atoms with Gasteiger partial charge in [-0.2, -0.15) is 5.26 Å². The van der Waals surface area contributed by atoms with Crippen molar-refractivity contribution in [1.82, 2.24) is 10.2 Å². The van der Waals surface area contributed by atoms with Gasteiger partial charge in [0.1, 0.15) is 30.0 Å². The monoisotopic (exact) mass is 582 g/mol. The number of amides is 3. The molecule has 3 amide bonds. The van der Waals surface area contributed by atoms with E-state index >= 15 is 0 Å². The van der Waals surface area contributed by atoms with Gasteiger partial charge >= 0.3 is 6.09 Å². The fourth-order valence-electron chi connectivity index (χ4n) is 4.62. The summed E-state index contributed by atoms with van der Waals surface area (Å²) in [5.41, 5.74) is 3.26. The zero-order valence-corrected chi connectivity index (χ0v) is 25.2. The number of hydrogen-bond acceptors (Lipinski definition) is 6. The van der Waals surface area contributed by atoms with Crippen LogP contribution in [0.3, 0.4) is 0 Å². The van der Waals surface area contributed by atoms with Crippen molar-refractivity contribution in [1.29, 1.82) is 5.26 Å². The molecular formula is C34H38N4O5. The van der Waals surface area contributed by atoms with Gasteiger partial charge < -0.3 is 25.4 Å². The normalized spacial score (nSPS) is 12.3. The lowest BCUT2D eigenvalue weighted by molar-refractivity contribution is -0.140. The summed E-state index contributed by atoms with van der Waals surface area (Å²) in [5, 5.41) is 25.2. The Bertz CT molecular complexity index is 1500. The molecule has 0 aliphatic rings. The second-order valence-corrected chi connectivity index (χ2v) is 11.2. The maximum absolute atomic E-state index is 14.3. The van der Waals surface area contributed by atoms with Crippen LogP contribution < -0.4 is 10.6 Å². The number of nitrogens with one attached hydrogen (secondary N) is 2. The number of carbonyl (C=O) groups is 3. The van der Waals surface area contributed by atoms with E-state index < -0.39 is 42.1 Å². The van der Waals surface area contributed by atoms with Crippen LogP contribution in [0.4, 0.5) is 10.5 Å². The minimum atomic E-state index is -1.23. The third kappa shape index (κ3) is 8.94. The molecule has 0 bridgehead atoms. The molecule has 3 N–H and O–H groups in total. The summed E-state index contributed by atoms with van der Waals surface area (Å²) < 4.78 is 5.43. The first-order valence-corrected chi connectivity index (χ1v) is 13.9. The van der Waals surface area contributed by atoms with Crippen molar-refractivity contribution in [3.05, 3.63) is 101 Å². The van der Waals surface area contributed by atoms with Crippen molar-refractivity contribution < 1.29 is 24.2 Å². The lowest BCUT2D eigenvalue weighted by atomic mass is 9.98. The first-order valence-electron chi connectivity index (χ1n) is 13.9. The molecule has 3 aromatic carbocycles. The Hall–Kier alpha value is -5.10. The number of aryl methyl sites for hydroxylation is 2. The molecular weight excluding hydrogens is 544 g/mol. The molecule has 0 saturated heterocycles. The Balaban J connectivity index is 2.10. The van der Waals surface area contributed by atoms with Gasteiger partial charge in [-0.05, 0) is 80.6 Å². The average molecular weight is 583 g/mol. The molecule has 2 unspecified atom stereocenters. The largest absolute Gasteiger partial charge is 0.508 e. The number of hydrogen-bond donors (Lipinski definition) is 3. The molecule has 3 rings (SSSR count). The van der Waals surface area contributed by atoms with Crippen molar-refractivity contribution in [2.75, 3.05) is 11.9 Å². The fourth-order valence-corrected chi connectivity index (χ4v) is 4.62. The van der Waals surface area contributed by atoms with E-state index in [9.17, 15) is 24.8 Å². The van der Waals surface area contributed by atoms with Crippen LogP contribution in [0.25, 0.3) is 6.08 Å². The number of aromatic hydroxyl groups is 1. The van der Waals surface area contributed by atoms with Crippen molar-refractivity contribution in [3.8, 4) is 11.8 Å². The van der Waals surface area contributed by atoms with E-state index in [1.54, 1.807) is 57.2 Å². The number of nitriles is 1. The first kappa shape index (κ1) is 32.4. The number of alkyl carbamates (subject to hydrolysis) is 1. The van der Waals surface area contributed by atoms with E-state index in [2.05, 4.69) is 17.2 Å². The summed E-state index contributed by atoms with van der Waals surface area (Å²) in [4.78, 5) is 42.4. The lowest BCUT2D eigenvalue weighted by Crippen LogP contribution is -2.53. The first-order chi connectivity index (χ1) is 20.3. The number of benzene rings is 3. The van der Waals surface area contributed by atoms with Gasteiger partial charge in [-0.25, -0.2) is 4.79 Å². The number of nitrogens with zero attached hydrogens (tertiary/aromatic N) is 2. The van der Waals surface area contributed by atoms with Crippen molar-refractivity contribution in [3.63, 3.8) is 0 Å². The fraction of sp³-hybridized carbons (Fsp3) is 0.294. The van der Waals surface area contributed by atoms with E-state index in [0.717, 1.165) is 21.6 Å². The van der Waals surface area contributed by atoms with Crippen LogP contribution in [0.5, 0.6) is 5.75 Å². The number of ether oxygens (including phenoxy) is 1. The van der Waals surface area contributed by atoms with Crippen molar-refractivity contribution >= 4 is 29.7 Å². The highest BCUT2D eigenvalue weighted by Crippen LogP contribution is 2.28. The average Bonchev–Trinajstić information content (AvgIpc) is 2.94. The predicted molar refractivity (Wildman–Crippen MR) is 166 cm³/mol. The highest BCUT2D eigenvalue weighted by molar-refractivity contribution is 6.00. The molecule has 43 heavy (non-hydrogen) atoms. The molecule has 0 spiro atoms. The van der Waals surface area contributed by atoms with E-state index in [4.69, 9.17) is 4.74 Å². The number of rotatable bonds is 10. The molecule has 3 aromatic rings. The Kier molecular flexibility index (Phi) is 10.7. The van der Waals surface area contributed by atoms with Gasteiger partial charge in [0.05, 0.1) is 6.07 Å². The van der Waals surface area contributed by atoms with Crippen LogP contribution in [-0.4, -0.2) is 46.1 Å². The van der Waals surface area contributed by atoms with Crippen LogP contribution >= 0.6 is 0 Å². The Labute approximate surface area is 252 Å². The summed E-state index contributed by atoms with van der Waals surface area (Å²) in [5.74, 6) is -1.14. The van der Waals surface area contributed by atoms with Crippen LogP contribution in [0.15, 0.2) is 73.3 Å².